The Morgan fingerprint density at radius 3 is 2.74 bits per heavy atom. The fourth-order valence-corrected chi connectivity index (χ4v) is 4.98. The van der Waals surface area contributed by atoms with Crippen molar-refractivity contribution >= 4 is 47.2 Å². The minimum atomic E-state index is -0.0845. The molecule has 1 aliphatic heterocycles. The third-order valence-electron chi connectivity index (χ3n) is 5.28. The average Bonchev–Trinajstić information content (AvgIpc) is 3.10. The number of halogens is 1. The zero-order valence-corrected chi connectivity index (χ0v) is 19.5. The van der Waals surface area contributed by atoms with Crippen molar-refractivity contribution in [2.75, 3.05) is 33.8 Å². The molecule has 0 radical (unpaired) electrons. The molecule has 0 aromatic carbocycles. The minimum absolute atomic E-state index is 0. The highest BCUT2D eigenvalue weighted by Crippen LogP contribution is 2.27. The van der Waals surface area contributed by atoms with Gasteiger partial charge in [-0.3, -0.25) is 9.79 Å². The number of thiazole rings is 1. The third kappa shape index (κ3) is 6.04. The molecule has 0 spiro atoms. The Kier molecular flexibility index (Phi) is 9.28. The molecule has 2 heterocycles. The van der Waals surface area contributed by atoms with E-state index >= 15 is 0 Å². The van der Waals surface area contributed by atoms with E-state index in [0.29, 0.717) is 0 Å². The molecule has 6 nitrogen and oxygen atoms in total. The maximum Gasteiger partial charge on any atom is 0.308 e. The lowest BCUT2D eigenvalue weighted by atomic mass is 9.97. The van der Waals surface area contributed by atoms with Crippen molar-refractivity contribution in [1.29, 1.82) is 0 Å². The van der Waals surface area contributed by atoms with Crippen LogP contribution in [0.1, 0.15) is 47.7 Å². The molecule has 8 heteroatoms. The summed E-state index contributed by atoms with van der Waals surface area (Å²) in [5, 5.41) is 4.75. The average molecular weight is 506 g/mol. The van der Waals surface area contributed by atoms with Gasteiger partial charge in [0.25, 0.3) is 0 Å². The van der Waals surface area contributed by atoms with Gasteiger partial charge in [-0.15, -0.1) is 35.3 Å². The molecule has 3 rings (SSSR count). The van der Waals surface area contributed by atoms with Gasteiger partial charge in [-0.1, -0.05) is 0 Å². The SMILES string of the molecule is CN=C(NCCCc1nc2c(s1)CCCC2)N1CCC(C(=O)OC)CC1.I. The number of aliphatic imine (C=N–C) groups is 1. The van der Waals surface area contributed by atoms with E-state index in [0.717, 1.165) is 57.7 Å². The van der Waals surface area contributed by atoms with Crippen LogP contribution in [0.3, 0.4) is 0 Å². The third-order valence-corrected chi connectivity index (χ3v) is 6.50. The number of carbonyl (C=O) groups excluding carboxylic acids is 1. The number of nitrogens with one attached hydrogen (secondary N) is 1. The maximum absolute atomic E-state index is 11.6. The van der Waals surface area contributed by atoms with Crippen LogP contribution in [0.4, 0.5) is 0 Å². The summed E-state index contributed by atoms with van der Waals surface area (Å²) < 4.78 is 4.86. The van der Waals surface area contributed by atoms with E-state index in [1.165, 1.54) is 42.0 Å². The predicted molar refractivity (Wildman–Crippen MR) is 120 cm³/mol. The zero-order valence-electron chi connectivity index (χ0n) is 16.3. The molecule has 1 aromatic heterocycles. The van der Waals surface area contributed by atoms with Crippen LogP contribution in [0.15, 0.2) is 4.99 Å². The normalized spacial score (nSPS) is 17.9. The molecule has 2 aliphatic rings. The number of likely N-dealkylation sites (tertiary alicyclic amines) is 1. The first kappa shape index (κ1) is 22.4. The van der Waals surface area contributed by atoms with E-state index in [1.807, 2.05) is 18.4 Å². The molecule has 1 fully saturated rings. The lowest BCUT2D eigenvalue weighted by Crippen LogP contribution is -2.46. The fraction of sp³-hybridized carbons (Fsp3) is 0.737. The van der Waals surface area contributed by atoms with Gasteiger partial charge in [-0.25, -0.2) is 4.98 Å². The van der Waals surface area contributed by atoms with Gasteiger partial charge in [0.1, 0.15) is 0 Å². The van der Waals surface area contributed by atoms with E-state index in [9.17, 15) is 4.79 Å². The molecule has 1 saturated heterocycles. The monoisotopic (exact) mass is 506 g/mol. The van der Waals surface area contributed by atoms with Crippen molar-refractivity contribution in [3.05, 3.63) is 15.6 Å². The number of guanidine groups is 1. The molecule has 1 aromatic rings. The van der Waals surface area contributed by atoms with Gasteiger partial charge in [0.15, 0.2) is 5.96 Å². The molecule has 0 amide bonds. The highest BCUT2D eigenvalue weighted by molar-refractivity contribution is 14.0. The summed E-state index contributed by atoms with van der Waals surface area (Å²) in [7, 11) is 3.29. The Morgan fingerprint density at radius 1 is 1.33 bits per heavy atom. The number of fused-ring (bicyclic) bond motifs is 1. The number of rotatable bonds is 5. The molecule has 0 unspecified atom stereocenters. The number of aromatic nitrogens is 1. The van der Waals surface area contributed by atoms with E-state index < -0.39 is 0 Å². The van der Waals surface area contributed by atoms with Crippen LogP contribution < -0.4 is 5.32 Å². The van der Waals surface area contributed by atoms with Crippen LogP contribution in [0, 0.1) is 5.92 Å². The maximum atomic E-state index is 11.6. The highest BCUT2D eigenvalue weighted by Gasteiger charge is 2.26. The Balaban J connectivity index is 0.00000261. The number of aryl methyl sites for hydroxylation is 3. The molecule has 0 atom stereocenters. The second kappa shape index (κ2) is 11.2. The quantitative estimate of drug-likeness (QED) is 0.219. The van der Waals surface area contributed by atoms with Crippen LogP contribution >= 0.6 is 35.3 Å². The molecule has 0 bridgehead atoms. The molecule has 0 saturated carbocycles. The lowest BCUT2D eigenvalue weighted by molar-refractivity contribution is -0.146. The van der Waals surface area contributed by atoms with Crippen LogP contribution in [-0.2, 0) is 28.8 Å². The van der Waals surface area contributed by atoms with E-state index in [-0.39, 0.29) is 35.9 Å². The topological polar surface area (TPSA) is 66.8 Å². The Bertz CT molecular complexity index is 618. The van der Waals surface area contributed by atoms with Gasteiger partial charge >= 0.3 is 5.97 Å². The van der Waals surface area contributed by atoms with Crippen LogP contribution in [0.2, 0.25) is 0 Å². The zero-order chi connectivity index (χ0) is 18.4. The summed E-state index contributed by atoms with van der Waals surface area (Å²) in [6.07, 6.45) is 8.75. The number of ether oxygens (including phenoxy) is 1. The Morgan fingerprint density at radius 2 is 2.07 bits per heavy atom. The van der Waals surface area contributed by atoms with Crippen LogP contribution in [0.25, 0.3) is 0 Å². The second-order valence-corrected chi connectivity index (χ2v) is 8.21. The number of methoxy groups -OCH3 is 1. The molecular weight excluding hydrogens is 475 g/mol. The smallest absolute Gasteiger partial charge is 0.308 e. The fourth-order valence-electron chi connectivity index (χ4n) is 3.78. The van der Waals surface area contributed by atoms with E-state index in [1.54, 1.807) is 0 Å². The summed E-state index contributed by atoms with van der Waals surface area (Å²) in [4.78, 5) is 24.6. The summed E-state index contributed by atoms with van der Waals surface area (Å²) in [6, 6.07) is 0. The molecular formula is C19H31IN4O2S. The molecule has 1 N–H and O–H groups in total. The highest BCUT2D eigenvalue weighted by atomic mass is 127. The summed E-state index contributed by atoms with van der Waals surface area (Å²) in [5.41, 5.74) is 1.36. The Labute approximate surface area is 183 Å². The predicted octanol–water partition coefficient (Wildman–Crippen LogP) is 3.03. The number of esters is 1. The van der Waals surface area contributed by atoms with Gasteiger partial charge in [0.2, 0.25) is 0 Å². The molecule has 152 valence electrons. The first-order chi connectivity index (χ1) is 12.7. The lowest BCUT2D eigenvalue weighted by Gasteiger charge is -2.33. The number of piperidine rings is 1. The van der Waals surface area contributed by atoms with Crippen molar-refractivity contribution in [2.45, 2.75) is 51.4 Å². The minimum Gasteiger partial charge on any atom is -0.469 e. The van der Waals surface area contributed by atoms with Crippen LogP contribution in [-0.4, -0.2) is 55.6 Å². The molecule has 1 aliphatic carbocycles. The van der Waals surface area contributed by atoms with E-state index in [2.05, 4.69) is 15.2 Å². The summed E-state index contributed by atoms with van der Waals surface area (Å²) >= 11 is 1.91. The number of carbonyl (C=O) groups is 1. The van der Waals surface area contributed by atoms with Gasteiger partial charge in [0, 0.05) is 38.0 Å². The van der Waals surface area contributed by atoms with Gasteiger partial charge in [-0.2, -0.15) is 0 Å². The first-order valence-corrected chi connectivity index (χ1v) is 10.5. The summed E-state index contributed by atoms with van der Waals surface area (Å²) in [5.74, 6) is 0.885. The number of hydrogen-bond acceptors (Lipinski definition) is 5. The van der Waals surface area contributed by atoms with Crippen molar-refractivity contribution in [1.82, 2.24) is 15.2 Å². The Hall–Kier alpha value is -0.900. The van der Waals surface area contributed by atoms with Gasteiger partial charge < -0.3 is 15.0 Å². The van der Waals surface area contributed by atoms with Gasteiger partial charge in [-0.05, 0) is 44.9 Å². The van der Waals surface area contributed by atoms with Crippen molar-refractivity contribution < 1.29 is 9.53 Å². The van der Waals surface area contributed by atoms with Crippen LogP contribution in [0.5, 0.6) is 0 Å². The summed E-state index contributed by atoms with van der Waals surface area (Å²) in [6.45, 7) is 2.59. The standard InChI is InChI=1S/C19H30N4O2S.HI/c1-20-19(23-12-9-14(10-13-23)18(24)25-2)21-11-5-8-17-22-15-6-3-4-7-16(15)26-17;/h14H,3-13H2,1-2H3,(H,20,21);1H. The van der Waals surface area contributed by atoms with Crippen molar-refractivity contribution in [3.63, 3.8) is 0 Å². The van der Waals surface area contributed by atoms with E-state index in [4.69, 9.17) is 9.72 Å². The second-order valence-electron chi connectivity index (χ2n) is 7.05. The van der Waals surface area contributed by atoms with Crippen molar-refractivity contribution in [3.8, 4) is 0 Å². The number of hydrogen-bond donors (Lipinski definition) is 1. The largest absolute Gasteiger partial charge is 0.469 e. The molecule has 27 heavy (non-hydrogen) atoms. The van der Waals surface area contributed by atoms with Crippen molar-refractivity contribution in [2.24, 2.45) is 10.9 Å². The number of nitrogens with zero attached hydrogens (tertiary/aromatic N) is 3. The van der Waals surface area contributed by atoms with Gasteiger partial charge in [0.05, 0.1) is 23.7 Å². The first-order valence-electron chi connectivity index (χ1n) is 9.72.